The zero-order valence-electron chi connectivity index (χ0n) is 27.8. The van der Waals surface area contributed by atoms with E-state index in [9.17, 15) is 24.3 Å². The Morgan fingerprint density at radius 2 is 1.61 bits per heavy atom. The lowest BCUT2D eigenvalue weighted by Gasteiger charge is -2.70. The number of rotatable bonds is 6. The van der Waals surface area contributed by atoms with E-state index in [2.05, 4.69) is 41.5 Å². The van der Waals surface area contributed by atoms with Crippen LogP contribution >= 0.6 is 12.4 Å². The third-order valence-corrected chi connectivity index (χ3v) is 14.3. The van der Waals surface area contributed by atoms with E-state index in [1.807, 2.05) is 13.0 Å². The largest absolute Gasteiger partial charge is 0.481 e. The Balaban J connectivity index is 0.00000442. The van der Waals surface area contributed by atoms with Crippen LogP contribution in [-0.2, 0) is 23.9 Å². The number of carboxylic acids is 1. The molecule has 248 valence electrons. The van der Waals surface area contributed by atoms with Gasteiger partial charge in [-0.1, -0.05) is 47.1 Å². The van der Waals surface area contributed by atoms with Crippen LogP contribution in [0, 0.1) is 50.2 Å². The Hall–Kier alpha value is -1.93. The summed E-state index contributed by atoms with van der Waals surface area (Å²) >= 11 is 0. The summed E-state index contributed by atoms with van der Waals surface area (Å²) in [6.07, 6.45) is 9.35. The van der Waals surface area contributed by atoms with Crippen molar-refractivity contribution in [2.45, 2.75) is 131 Å². The molecule has 0 unspecified atom stereocenters. The number of esters is 1. The highest BCUT2D eigenvalue weighted by molar-refractivity contribution is 5.95. The van der Waals surface area contributed by atoms with Gasteiger partial charge in [0, 0.05) is 17.8 Å². The molecular weight excluding hydrogens is 580 g/mol. The molecule has 10 atom stereocenters. The van der Waals surface area contributed by atoms with E-state index in [-0.39, 0.29) is 82.0 Å². The van der Waals surface area contributed by atoms with Gasteiger partial charge in [-0.15, -0.1) is 12.4 Å². The zero-order valence-corrected chi connectivity index (χ0v) is 28.6. The molecule has 44 heavy (non-hydrogen) atoms. The van der Waals surface area contributed by atoms with Crippen LogP contribution < -0.4 is 11.5 Å². The van der Waals surface area contributed by atoms with Crippen molar-refractivity contribution in [1.82, 2.24) is 0 Å². The molecule has 9 heteroatoms. The summed E-state index contributed by atoms with van der Waals surface area (Å²) in [6.45, 7) is 15.6. The maximum atomic E-state index is 14.5. The number of aliphatic carboxylic acids is 1. The van der Waals surface area contributed by atoms with Crippen LogP contribution in [0.4, 0.5) is 0 Å². The second-order valence-electron chi connectivity index (χ2n) is 17.0. The number of nitrogens with two attached hydrogens (primary N) is 2. The van der Waals surface area contributed by atoms with E-state index in [1.165, 1.54) is 5.57 Å². The molecule has 4 saturated carbocycles. The van der Waals surface area contributed by atoms with Crippen molar-refractivity contribution < 1.29 is 29.0 Å². The summed E-state index contributed by atoms with van der Waals surface area (Å²) in [5.41, 5.74) is 10.7. The van der Waals surface area contributed by atoms with Crippen molar-refractivity contribution in [2.75, 3.05) is 0 Å². The summed E-state index contributed by atoms with van der Waals surface area (Å²) in [5, 5.41) is 10.1. The fourth-order valence-electron chi connectivity index (χ4n) is 11.2. The van der Waals surface area contributed by atoms with Gasteiger partial charge in [0.05, 0.1) is 5.41 Å². The number of ketones is 1. The molecule has 0 bridgehead atoms. The number of hydrogen-bond acceptors (Lipinski definition) is 6. The summed E-state index contributed by atoms with van der Waals surface area (Å²) in [6, 6.07) is -0.894. The van der Waals surface area contributed by atoms with Gasteiger partial charge in [-0.05, 0) is 111 Å². The molecule has 0 aliphatic heterocycles. The third-order valence-electron chi connectivity index (χ3n) is 14.3. The van der Waals surface area contributed by atoms with Crippen LogP contribution in [0.3, 0.4) is 0 Å². The Morgan fingerprint density at radius 1 is 0.977 bits per heavy atom. The van der Waals surface area contributed by atoms with Gasteiger partial charge in [0.15, 0.2) is 5.78 Å². The topological polar surface area (TPSA) is 150 Å². The molecule has 1 amide bonds. The van der Waals surface area contributed by atoms with Crippen molar-refractivity contribution in [3.63, 3.8) is 0 Å². The molecule has 5 aliphatic carbocycles. The molecule has 0 aromatic heterocycles. The monoisotopic (exact) mass is 634 g/mol. The molecular formula is C35H55ClN2O6. The predicted molar refractivity (Wildman–Crippen MR) is 171 cm³/mol. The quantitative estimate of drug-likeness (QED) is 0.304. The number of primary amides is 1. The number of carbonyl (C=O) groups excluding carboxylic acids is 3. The first-order valence-corrected chi connectivity index (χ1v) is 16.5. The van der Waals surface area contributed by atoms with Gasteiger partial charge in [0.1, 0.15) is 12.1 Å². The molecule has 0 aromatic carbocycles. The smallest absolute Gasteiger partial charge is 0.323 e. The highest BCUT2D eigenvalue weighted by atomic mass is 35.5. The van der Waals surface area contributed by atoms with E-state index >= 15 is 0 Å². The number of hydrogen-bond donors (Lipinski definition) is 3. The van der Waals surface area contributed by atoms with E-state index in [1.54, 1.807) is 0 Å². The van der Waals surface area contributed by atoms with Crippen molar-refractivity contribution in [3.05, 3.63) is 11.6 Å². The minimum absolute atomic E-state index is 0. The summed E-state index contributed by atoms with van der Waals surface area (Å²) in [4.78, 5) is 51.0. The first-order valence-electron chi connectivity index (χ1n) is 16.5. The number of allylic oxidation sites excluding steroid dienone is 2. The molecule has 0 spiro atoms. The lowest BCUT2D eigenvalue weighted by molar-refractivity contribution is -0.211. The van der Waals surface area contributed by atoms with Gasteiger partial charge in [0.25, 0.3) is 0 Å². The number of halogens is 1. The second kappa shape index (κ2) is 11.1. The minimum Gasteiger partial charge on any atom is -0.481 e. The van der Waals surface area contributed by atoms with E-state index in [0.29, 0.717) is 19.3 Å². The Bertz CT molecular complexity index is 1270. The van der Waals surface area contributed by atoms with E-state index < -0.39 is 29.3 Å². The highest BCUT2D eigenvalue weighted by Crippen LogP contribution is 2.75. The van der Waals surface area contributed by atoms with Gasteiger partial charge in [-0.3, -0.25) is 19.2 Å². The van der Waals surface area contributed by atoms with Crippen LogP contribution in [0.15, 0.2) is 11.6 Å². The van der Waals surface area contributed by atoms with E-state index in [4.69, 9.17) is 16.2 Å². The van der Waals surface area contributed by atoms with Gasteiger partial charge < -0.3 is 21.3 Å². The van der Waals surface area contributed by atoms with Gasteiger partial charge in [-0.25, -0.2) is 0 Å². The number of carbonyl (C=O) groups is 4. The number of ether oxygens (including phenoxy) is 1. The maximum Gasteiger partial charge on any atom is 0.323 e. The van der Waals surface area contributed by atoms with E-state index in [0.717, 1.165) is 38.5 Å². The summed E-state index contributed by atoms with van der Waals surface area (Å²) < 4.78 is 6.04. The lowest BCUT2D eigenvalue weighted by Crippen LogP contribution is -2.67. The lowest BCUT2D eigenvalue weighted by atomic mass is 9.33. The molecule has 0 saturated heterocycles. The Kier molecular flexibility index (Phi) is 8.81. The zero-order chi connectivity index (χ0) is 32.0. The van der Waals surface area contributed by atoms with Gasteiger partial charge >= 0.3 is 11.9 Å². The van der Waals surface area contributed by atoms with Crippen molar-refractivity contribution in [2.24, 2.45) is 61.7 Å². The highest BCUT2D eigenvalue weighted by Gasteiger charge is 2.70. The first kappa shape index (κ1) is 34.9. The fourth-order valence-corrected chi connectivity index (χ4v) is 11.2. The molecule has 4 fully saturated rings. The van der Waals surface area contributed by atoms with Crippen LogP contribution in [0.1, 0.15) is 119 Å². The Labute approximate surface area is 269 Å². The molecule has 0 aromatic rings. The molecule has 5 N–H and O–H groups in total. The summed E-state index contributed by atoms with van der Waals surface area (Å²) in [7, 11) is 0. The SMILES string of the molecule is CC1(C)[C@@H](OC(=O)[C@@H](N)CCC(N)=O)CC[C@]2(C)[C@H]3C(=O)C=C4[C@@H]5C[C@@](C)(C(=O)O)CC[C@]5(C)CC[C@@]4(C)[C@]3(C)CC[C@@H]12.Cl. The standard InChI is InChI=1S/C35H54N2O6.ClH/c1-30(2)24-10-13-35(7)27(33(24,5)12-11-25(30)43-28(40)22(36)8-9-26(37)39)23(38)18-20-21-19-32(4,29(41)42)15-14-31(21,3)16-17-34(20,35)6;/h18,21-22,24-25,27H,8-17,19,36H2,1-7H3,(H2,37,39)(H,41,42);1H/t21-,22-,24-,25-,27+,31+,32-,33-,34+,35+;/m0./s1. The Morgan fingerprint density at radius 3 is 2.23 bits per heavy atom. The normalized spacial score (nSPS) is 44.7. The molecule has 8 nitrogen and oxygen atoms in total. The second-order valence-corrected chi connectivity index (χ2v) is 17.0. The van der Waals surface area contributed by atoms with Gasteiger partial charge in [-0.2, -0.15) is 0 Å². The van der Waals surface area contributed by atoms with Crippen molar-refractivity contribution in [3.8, 4) is 0 Å². The van der Waals surface area contributed by atoms with Crippen LogP contribution in [0.5, 0.6) is 0 Å². The number of fused-ring (bicyclic) bond motifs is 7. The number of amides is 1. The van der Waals surface area contributed by atoms with Crippen LogP contribution in [0.2, 0.25) is 0 Å². The third kappa shape index (κ3) is 4.96. The van der Waals surface area contributed by atoms with Crippen molar-refractivity contribution in [1.29, 1.82) is 0 Å². The molecule has 0 heterocycles. The molecule has 0 radical (unpaired) electrons. The van der Waals surface area contributed by atoms with Crippen LogP contribution in [-0.4, -0.2) is 40.9 Å². The average Bonchev–Trinajstić information content (AvgIpc) is 2.90. The first-order chi connectivity index (χ1) is 19.7. The average molecular weight is 635 g/mol. The molecule has 5 aliphatic rings. The van der Waals surface area contributed by atoms with Crippen molar-refractivity contribution >= 4 is 36.0 Å². The fraction of sp³-hybridized carbons (Fsp3) is 0.829. The van der Waals surface area contributed by atoms with Gasteiger partial charge in [0.2, 0.25) is 5.91 Å². The molecule has 5 rings (SSSR count). The maximum absolute atomic E-state index is 14.5. The predicted octanol–water partition coefficient (Wildman–Crippen LogP) is 5.98. The minimum atomic E-state index is -0.894. The van der Waals surface area contributed by atoms with Crippen LogP contribution in [0.25, 0.3) is 0 Å². The summed E-state index contributed by atoms with van der Waals surface area (Å²) in [5.74, 6) is -1.40. The number of carboxylic acid groups (broad SMARTS) is 1.